The Morgan fingerprint density at radius 2 is 1.93 bits per heavy atom. The van der Waals surface area contributed by atoms with Crippen molar-refractivity contribution in [2.75, 3.05) is 7.11 Å². The van der Waals surface area contributed by atoms with E-state index in [-0.39, 0.29) is 11.9 Å². The van der Waals surface area contributed by atoms with Crippen molar-refractivity contribution in [3.8, 4) is 0 Å². The maximum Gasteiger partial charge on any atom is 0.308 e. The molecule has 0 bridgehead atoms. The van der Waals surface area contributed by atoms with Crippen molar-refractivity contribution in [3.05, 3.63) is 35.4 Å². The van der Waals surface area contributed by atoms with Crippen molar-refractivity contribution in [2.45, 2.75) is 20.3 Å². The van der Waals surface area contributed by atoms with E-state index in [2.05, 4.69) is 29.0 Å². The first kappa shape index (κ1) is 10.8. The van der Waals surface area contributed by atoms with Crippen LogP contribution in [0.2, 0.25) is 0 Å². The molecule has 0 radical (unpaired) electrons. The SMILES string of the molecule is COC(=O)[C@H](C)Cc1ccc(C)cc1. The quantitative estimate of drug-likeness (QED) is 0.687. The van der Waals surface area contributed by atoms with Gasteiger partial charge in [0, 0.05) is 0 Å². The van der Waals surface area contributed by atoms with E-state index in [9.17, 15) is 4.79 Å². The highest BCUT2D eigenvalue weighted by Gasteiger charge is 2.12. The fourth-order valence-corrected chi connectivity index (χ4v) is 1.36. The molecule has 2 heteroatoms. The van der Waals surface area contributed by atoms with Crippen LogP contribution < -0.4 is 0 Å². The molecule has 1 atom stereocenters. The lowest BCUT2D eigenvalue weighted by Gasteiger charge is -2.08. The molecule has 1 aromatic carbocycles. The van der Waals surface area contributed by atoms with Gasteiger partial charge in [-0.15, -0.1) is 0 Å². The smallest absolute Gasteiger partial charge is 0.308 e. The summed E-state index contributed by atoms with van der Waals surface area (Å²) in [5.74, 6) is -0.215. The van der Waals surface area contributed by atoms with Crippen LogP contribution in [0.4, 0.5) is 0 Å². The number of hydrogen-bond acceptors (Lipinski definition) is 2. The van der Waals surface area contributed by atoms with E-state index in [1.807, 2.05) is 13.8 Å². The zero-order valence-corrected chi connectivity index (χ0v) is 8.91. The van der Waals surface area contributed by atoms with Gasteiger partial charge in [0.25, 0.3) is 0 Å². The lowest BCUT2D eigenvalue weighted by atomic mass is 10.0. The highest BCUT2D eigenvalue weighted by Crippen LogP contribution is 2.10. The Hall–Kier alpha value is -1.31. The summed E-state index contributed by atoms with van der Waals surface area (Å²) < 4.78 is 4.67. The fourth-order valence-electron chi connectivity index (χ4n) is 1.36. The molecule has 76 valence electrons. The first-order valence-corrected chi connectivity index (χ1v) is 4.77. The van der Waals surface area contributed by atoms with Gasteiger partial charge in [0.1, 0.15) is 0 Å². The summed E-state index contributed by atoms with van der Waals surface area (Å²) in [5.41, 5.74) is 2.41. The number of esters is 1. The molecule has 0 N–H and O–H groups in total. The van der Waals surface area contributed by atoms with Crippen LogP contribution in [0.5, 0.6) is 0 Å². The van der Waals surface area contributed by atoms with Gasteiger partial charge >= 0.3 is 5.97 Å². The fraction of sp³-hybridized carbons (Fsp3) is 0.417. The molecule has 0 aliphatic heterocycles. The van der Waals surface area contributed by atoms with Crippen LogP contribution in [0.3, 0.4) is 0 Å². The molecule has 0 amide bonds. The number of aryl methyl sites for hydroxylation is 1. The molecule has 0 aliphatic carbocycles. The van der Waals surface area contributed by atoms with Crippen LogP contribution in [-0.4, -0.2) is 13.1 Å². The molecule has 0 heterocycles. The summed E-state index contributed by atoms with van der Waals surface area (Å²) in [5, 5.41) is 0. The molecular weight excluding hydrogens is 176 g/mol. The molecule has 0 spiro atoms. The van der Waals surface area contributed by atoms with Crippen molar-refractivity contribution < 1.29 is 9.53 Å². The molecule has 1 rings (SSSR count). The van der Waals surface area contributed by atoms with Crippen LogP contribution in [0, 0.1) is 12.8 Å². The van der Waals surface area contributed by atoms with Crippen LogP contribution in [0.25, 0.3) is 0 Å². The Morgan fingerprint density at radius 3 is 2.43 bits per heavy atom. The largest absolute Gasteiger partial charge is 0.469 e. The normalized spacial score (nSPS) is 12.2. The Morgan fingerprint density at radius 1 is 1.36 bits per heavy atom. The summed E-state index contributed by atoms with van der Waals surface area (Å²) in [7, 11) is 1.42. The second-order valence-electron chi connectivity index (χ2n) is 3.61. The lowest BCUT2D eigenvalue weighted by Crippen LogP contribution is -2.14. The van der Waals surface area contributed by atoms with Crippen molar-refractivity contribution >= 4 is 5.97 Å². The van der Waals surface area contributed by atoms with Crippen molar-refractivity contribution in [1.82, 2.24) is 0 Å². The lowest BCUT2D eigenvalue weighted by molar-refractivity contribution is -0.144. The van der Waals surface area contributed by atoms with E-state index >= 15 is 0 Å². The van der Waals surface area contributed by atoms with Crippen molar-refractivity contribution in [2.24, 2.45) is 5.92 Å². The molecule has 0 unspecified atom stereocenters. The number of methoxy groups -OCH3 is 1. The molecule has 14 heavy (non-hydrogen) atoms. The van der Waals surface area contributed by atoms with Crippen LogP contribution >= 0.6 is 0 Å². The Balaban J connectivity index is 2.60. The first-order valence-electron chi connectivity index (χ1n) is 4.77. The second-order valence-corrected chi connectivity index (χ2v) is 3.61. The molecule has 0 saturated heterocycles. The maximum absolute atomic E-state index is 11.2. The molecule has 0 aliphatic rings. The summed E-state index contributed by atoms with van der Waals surface area (Å²) in [6.45, 7) is 3.93. The van der Waals surface area contributed by atoms with Crippen LogP contribution in [0.1, 0.15) is 18.1 Å². The highest BCUT2D eigenvalue weighted by atomic mass is 16.5. The van der Waals surface area contributed by atoms with Gasteiger partial charge in [0.15, 0.2) is 0 Å². The molecule has 0 saturated carbocycles. The summed E-state index contributed by atoms with van der Waals surface area (Å²) in [4.78, 5) is 11.2. The van der Waals surface area contributed by atoms with Gasteiger partial charge < -0.3 is 4.74 Å². The molecule has 2 nitrogen and oxygen atoms in total. The highest BCUT2D eigenvalue weighted by molar-refractivity contribution is 5.72. The van der Waals surface area contributed by atoms with Gasteiger partial charge in [-0.25, -0.2) is 0 Å². The zero-order valence-electron chi connectivity index (χ0n) is 8.91. The third-order valence-electron chi connectivity index (χ3n) is 2.27. The maximum atomic E-state index is 11.2. The third-order valence-corrected chi connectivity index (χ3v) is 2.27. The van der Waals surface area contributed by atoms with Gasteiger partial charge in [0.2, 0.25) is 0 Å². The number of carbonyl (C=O) groups excluding carboxylic acids is 1. The van der Waals surface area contributed by atoms with Gasteiger partial charge in [-0.3, -0.25) is 4.79 Å². The average molecular weight is 192 g/mol. The van der Waals surface area contributed by atoms with E-state index in [0.717, 1.165) is 6.42 Å². The standard InChI is InChI=1S/C12H16O2/c1-9-4-6-11(7-5-9)8-10(2)12(13)14-3/h4-7,10H,8H2,1-3H3/t10-/m1/s1. The summed E-state index contributed by atoms with van der Waals surface area (Å²) >= 11 is 0. The number of benzene rings is 1. The number of carbonyl (C=O) groups is 1. The molecule has 0 fully saturated rings. The summed E-state index contributed by atoms with van der Waals surface area (Å²) in [6.07, 6.45) is 0.743. The van der Waals surface area contributed by atoms with E-state index < -0.39 is 0 Å². The van der Waals surface area contributed by atoms with E-state index in [1.54, 1.807) is 0 Å². The molecular formula is C12H16O2. The van der Waals surface area contributed by atoms with Gasteiger partial charge in [-0.2, -0.15) is 0 Å². The second kappa shape index (κ2) is 4.80. The van der Waals surface area contributed by atoms with Gasteiger partial charge in [-0.05, 0) is 18.9 Å². The van der Waals surface area contributed by atoms with E-state index in [4.69, 9.17) is 0 Å². The average Bonchev–Trinajstić information content (AvgIpc) is 2.20. The van der Waals surface area contributed by atoms with E-state index in [1.165, 1.54) is 18.2 Å². The molecule has 0 aromatic heterocycles. The summed E-state index contributed by atoms with van der Waals surface area (Å²) in [6, 6.07) is 8.21. The van der Waals surface area contributed by atoms with Crippen molar-refractivity contribution in [1.29, 1.82) is 0 Å². The number of ether oxygens (including phenoxy) is 1. The third kappa shape index (κ3) is 2.87. The monoisotopic (exact) mass is 192 g/mol. The topological polar surface area (TPSA) is 26.3 Å². The Labute approximate surface area is 84.9 Å². The minimum absolute atomic E-state index is 0.0669. The Bertz CT molecular complexity index is 301. The predicted octanol–water partition coefficient (Wildman–Crippen LogP) is 2.35. The van der Waals surface area contributed by atoms with Gasteiger partial charge in [-0.1, -0.05) is 36.8 Å². The van der Waals surface area contributed by atoms with Crippen LogP contribution in [0.15, 0.2) is 24.3 Å². The van der Waals surface area contributed by atoms with E-state index in [0.29, 0.717) is 0 Å². The molecule has 1 aromatic rings. The first-order chi connectivity index (χ1) is 6.63. The predicted molar refractivity (Wildman–Crippen MR) is 56.1 cm³/mol. The van der Waals surface area contributed by atoms with Crippen molar-refractivity contribution in [3.63, 3.8) is 0 Å². The van der Waals surface area contributed by atoms with Gasteiger partial charge in [0.05, 0.1) is 13.0 Å². The minimum Gasteiger partial charge on any atom is -0.469 e. The Kier molecular flexibility index (Phi) is 3.69. The van der Waals surface area contributed by atoms with Crippen LogP contribution in [-0.2, 0) is 16.0 Å². The number of hydrogen-bond donors (Lipinski definition) is 0. The zero-order chi connectivity index (χ0) is 10.6. The minimum atomic E-state index is -0.148. The number of rotatable bonds is 3.